The Balaban J connectivity index is 2.08. The third kappa shape index (κ3) is 5.76. The van der Waals surface area contributed by atoms with E-state index in [1.807, 2.05) is 13.8 Å². The first-order valence-electron chi connectivity index (χ1n) is 8.42. The molecule has 2 rings (SSSR count). The minimum absolute atomic E-state index is 0.0504. The summed E-state index contributed by atoms with van der Waals surface area (Å²) < 4.78 is 43.1. The van der Waals surface area contributed by atoms with E-state index >= 15 is 0 Å². The Morgan fingerprint density at radius 2 is 2.00 bits per heavy atom. The van der Waals surface area contributed by atoms with Gasteiger partial charge in [0, 0.05) is 5.56 Å². The van der Waals surface area contributed by atoms with Crippen molar-refractivity contribution in [2.75, 3.05) is 7.11 Å². The molecule has 1 heterocycles. The minimum atomic E-state index is -4.49. The number of nitrogens with one attached hydrogen (secondary N) is 1. The molecule has 0 aliphatic carbocycles. The molecule has 1 aromatic carbocycles. The Kier molecular flexibility index (Phi) is 6.71. The van der Waals surface area contributed by atoms with Gasteiger partial charge in [0.1, 0.15) is 12.6 Å². The fourth-order valence-electron chi connectivity index (χ4n) is 2.46. The van der Waals surface area contributed by atoms with E-state index in [1.54, 1.807) is 0 Å². The molecule has 1 atom stereocenters. The van der Waals surface area contributed by atoms with Crippen LogP contribution in [0.25, 0.3) is 11.4 Å². The lowest BCUT2D eigenvalue weighted by molar-refractivity contribution is -0.145. The average Bonchev–Trinajstić information content (AvgIpc) is 3.07. The van der Waals surface area contributed by atoms with Crippen molar-refractivity contribution in [2.24, 2.45) is 5.92 Å². The fourth-order valence-corrected chi connectivity index (χ4v) is 2.46. The lowest BCUT2D eigenvalue weighted by Crippen LogP contribution is -2.43. The number of amides is 1. The normalized spacial score (nSPS) is 12.7. The summed E-state index contributed by atoms with van der Waals surface area (Å²) in [6.45, 7) is 3.43. The van der Waals surface area contributed by atoms with E-state index in [-0.39, 0.29) is 23.9 Å². The van der Waals surface area contributed by atoms with E-state index in [0.29, 0.717) is 6.42 Å². The molecule has 0 saturated heterocycles. The SMILES string of the molecule is COC(=O)[C@@H](CC(C)C)NC(=O)Cn1nnc(-c2cccc(C(F)(F)F)c2)n1. The average molecular weight is 399 g/mol. The van der Waals surface area contributed by atoms with Gasteiger partial charge in [0.05, 0.1) is 12.7 Å². The number of aromatic nitrogens is 4. The number of carbonyl (C=O) groups is 2. The molecule has 1 amide bonds. The van der Waals surface area contributed by atoms with Crippen molar-refractivity contribution in [3.05, 3.63) is 29.8 Å². The highest BCUT2D eigenvalue weighted by Gasteiger charge is 2.30. The Labute approximate surface area is 159 Å². The van der Waals surface area contributed by atoms with Gasteiger partial charge in [0.2, 0.25) is 11.7 Å². The summed E-state index contributed by atoms with van der Waals surface area (Å²) in [4.78, 5) is 24.9. The van der Waals surface area contributed by atoms with Gasteiger partial charge in [0.25, 0.3) is 0 Å². The quantitative estimate of drug-likeness (QED) is 0.716. The third-order valence-electron chi connectivity index (χ3n) is 3.71. The van der Waals surface area contributed by atoms with Crippen molar-refractivity contribution >= 4 is 11.9 Å². The van der Waals surface area contributed by atoms with Gasteiger partial charge in [-0.2, -0.15) is 18.0 Å². The summed E-state index contributed by atoms with van der Waals surface area (Å²) in [5, 5.41) is 13.8. The van der Waals surface area contributed by atoms with E-state index in [1.165, 1.54) is 19.2 Å². The van der Waals surface area contributed by atoms with Gasteiger partial charge in [-0.3, -0.25) is 4.79 Å². The zero-order chi connectivity index (χ0) is 20.9. The maximum absolute atomic E-state index is 12.8. The zero-order valence-corrected chi connectivity index (χ0v) is 15.5. The Hall–Kier alpha value is -2.98. The monoisotopic (exact) mass is 399 g/mol. The number of esters is 1. The molecule has 0 spiro atoms. The number of hydrogen-bond acceptors (Lipinski definition) is 6. The summed E-state index contributed by atoms with van der Waals surface area (Å²) in [6.07, 6.45) is -4.11. The van der Waals surface area contributed by atoms with Crippen LogP contribution in [0, 0.1) is 5.92 Å². The molecule has 0 aliphatic heterocycles. The molecule has 1 N–H and O–H groups in total. The van der Waals surface area contributed by atoms with Crippen LogP contribution in [0.1, 0.15) is 25.8 Å². The number of alkyl halides is 3. The highest BCUT2D eigenvalue weighted by Crippen LogP contribution is 2.31. The van der Waals surface area contributed by atoms with Crippen LogP contribution in [0.4, 0.5) is 13.2 Å². The molecule has 0 unspecified atom stereocenters. The molecule has 0 bridgehead atoms. The molecule has 8 nitrogen and oxygen atoms in total. The Morgan fingerprint density at radius 1 is 1.29 bits per heavy atom. The highest BCUT2D eigenvalue weighted by molar-refractivity contribution is 5.84. The van der Waals surface area contributed by atoms with Gasteiger partial charge in [-0.05, 0) is 29.7 Å². The first-order valence-corrected chi connectivity index (χ1v) is 8.42. The topological polar surface area (TPSA) is 99.0 Å². The minimum Gasteiger partial charge on any atom is -0.467 e. The van der Waals surface area contributed by atoms with Crippen LogP contribution in [0.5, 0.6) is 0 Å². The van der Waals surface area contributed by atoms with Crippen molar-refractivity contribution in [2.45, 2.75) is 39.0 Å². The second kappa shape index (κ2) is 8.81. The number of benzene rings is 1. The molecular formula is C17H20F3N5O3. The van der Waals surface area contributed by atoms with Gasteiger partial charge in [-0.25, -0.2) is 4.79 Å². The van der Waals surface area contributed by atoms with E-state index < -0.39 is 29.7 Å². The van der Waals surface area contributed by atoms with Crippen LogP contribution in [0.15, 0.2) is 24.3 Å². The molecule has 2 aromatic rings. The lowest BCUT2D eigenvalue weighted by atomic mass is 10.0. The van der Waals surface area contributed by atoms with Gasteiger partial charge in [0.15, 0.2) is 0 Å². The van der Waals surface area contributed by atoms with Crippen LogP contribution in [0.3, 0.4) is 0 Å². The van der Waals surface area contributed by atoms with Crippen LogP contribution in [-0.4, -0.2) is 45.2 Å². The van der Waals surface area contributed by atoms with E-state index in [0.717, 1.165) is 16.9 Å². The zero-order valence-electron chi connectivity index (χ0n) is 15.5. The number of methoxy groups -OCH3 is 1. The molecule has 28 heavy (non-hydrogen) atoms. The van der Waals surface area contributed by atoms with Crippen molar-refractivity contribution in [3.8, 4) is 11.4 Å². The number of ether oxygens (including phenoxy) is 1. The number of hydrogen-bond donors (Lipinski definition) is 1. The van der Waals surface area contributed by atoms with Crippen LogP contribution in [0.2, 0.25) is 0 Å². The maximum Gasteiger partial charge on any atom is 0.416 e. The highest BCUT2D eigenvalue weighted by atomic mass is 19.4. The van der Waals surface area contributed by atoms with E-state index in [9.17, 15) is 22.8 Å². The predicted octanol–water partition coefficient (Wildman–Crippen LogP) is 2.06. The van der Waals surface area contributed by atoms with Crippen LogP contribution < -0.4 is 5.32 Å². The van der Waals surface area contributed by atoms with Gasteiger partial charge < -0.3 is 10.1 Å². The van der Waals surface area contributed by atoms with Gasteiger partial charge >= 0.3 is 12.1 Å². The molecule has 0 fully saturated rings. The Morgan fingerprint density at radius 3 is 2.61 bits per heavy atom. The maximum atomic E-state index is 12.8. The van der Waals surface area contributed by atoms with E-state index in [2.05, 4.69) is 25.5 Å². The summed E-state index contributed by atoms with van der Waals surface area (Å²) >= 11 is 0. The van der Waals surface area contributed by atoms with Crippen LogP contribution >= 0.6 is 0 Å². The lowest BCUT2D eigenvalue weighted by Gasteiger charge is -2.17. The summed E-state index contributed by atoms with van der Waals surface area (Å²) in [7, 11) is 1.22. The summed E-state index contributed by atoms with van der Waals surface area (Å²) in [5.74, 6) is -1.03. The molecular weight excluding hydrogens is 379 g/mol. The largest absolute Gasteiger partial charge is 0.467 e. The van der Waals surface area contributed by atoms with Crippen molar-refractivity contribution < 1.29 is 27.5 Å². The Bertz CT molecular complexity index is 835. The molecule has 0 aliphatic rings. The first-order chi connectivity index (χ1) is 13.1. The molecule has 152 valence electrons. The van der Waals surface area contributed by atoms with Crippen LogP contribution in [-0.2, 0) is 27.0 Å². The first kappa shape index (κ1) is 21.3. The molecule has 0 saturated carbocycles. The molecule has 0 radical (unpaired) electrons. The smallest absolute Gasteiger partial charge is 0.416 e. The predicted molar refractivity (Wildman–Crippen MR) is 91.7 cm³/mol. The molecule has 1 aromatic heterocycles. The summed E-state index contributed by atoms with van der Waals surface area (Å²) in [6, 6.07) is 3.66. The van der Waals surface area contributed by atoms with Gasteiger partial charge in [-0.1, -0.05) is 26.0 Å². The fraction of sp³-hybridized carbons (Fsp3) is 0.471. The molecule has 11 heteroatoms. The van der Waals surface area contributed by atoms with Crippen molar-refractivity contribution in [1.29, 1.82) is 0 Å². The summed E-state index contributed by atoms with van der Waals surface area (Å²) in [5.41, 5.74) is -0.720. The number of halogens is 3. The number of rotatable bonds is 7. The van der Waals surface area contributed by atoms with Crippen molar-refractivity contribution in [1.82, 2.24) is 25.5 Å². The number of nitrogens with zero attached hydrogens (tertiary/aromatic N) is 4. The van der Waals surface area contributed by atoms with Gasteiger partial charge in [-0.15, -0.1) is 10.2 Å². The standard InChI is InChI=1S/C17H20F3N5O3/c1-10(2)7-13(16(27)28-3)21-14(26)9-25-23-15(22-24-25)11-5-4-6-12(8-11)17(18,19)20/h4-6,8,10,13H,7,9H2,1-3H3,(H,21,26)/t13-/m1/s1. The van der Waals surface area contributed by atoms with Crippen molar-refractivity contribution in [3.63, 3.8) is 0 Å². The number of tetrazole rings is 1. The third-order valence-corrected chi connectivity index (χ3v) is 3.71. The van der Waals surface area contributed by atoms with E-state index in [4.69, 9.17) is 0 Å². The second-order valence-corrected chi connectivity index (χ2v) is 6.49. The number of carbonyl (C=O) groups excluding carboxylic acids is 2. The second-order valence-electron chi connectivity index (χ2n) is 6.49.